The lowest BCUT2D eigenvalue weighted by atomic mass is 10.0. The van der Waals surface area contributed by atoms with E-state index in [1.54, 1.807) is 7.05 Å². The van der Waals surface area contributed by atoms with Crippen LogP contribution in [0.25, 0.3) is 0 Å². The molecular formula is C16H26N6OS. The van der Waals surface area contributed by atoms with E-state index >= 15 is 0 Å². The molecule has 0 bridgehead atoms. The number of nitrogens with zero attached hydrogens (tertiary/aromatic N) is 4. The Balaban J connectivity index is 1.87. The second-order valence-electron chi connectivity index (χ2n) is 6.40. The van der Waals surface area contributed by atoms with Crippen LogP contribution in [0.3, 0.4) is 0 Å². The molecule has 2 aliphatic rings. The van der Waals surface area contributed by atoms with Crippen LogP contribution in [0.4, 0.5) is 17.6 Å². The molecular weight excluding hydrogens is 324 g/mol. The van der Waals surface area contributed by atoms with E-state index in [0.29, 0.717) is 17.0 Å². The van der Waals surface area contributed by atoms with Gasteiger partial charge in [-0.1, -0.05) is 6.92 Å². The summed E-state index contributed by atoms with van der Waals surface area (Å²) in [6.07, 6.45) is 2.49. The fourth-order valence-corrected chi connectivity index (χ4v) is 3.25. The monoisotopic (exact) mass is 350 g/mol. The summed E-state index contributed by atoms with van der Waals surface area (Å²) in [5, 5.41) is 6.51. The molecule has 24 heavy (non-hydrogen) atoms. The average Bonchev–Trinajstić information content (AvgIpc) is 2.62. The van der Waals surface area contributed by atoms with Crippen LogP contribution in [0.1, 0.15) is 19.8 Å². The lowest BCUT2D eigenvalue weighted by molar-refractivity contribution is 0.122. The molecule has 0 spiro atoms. The number of morpholine rings is 1. The van der Waals surface area contributed by atoms with Crippen molar-refractivity contribution >= 4 is 34.9 Å². The van der Waals surface area contributed by atoms with E-state index in [2.05, 4.69) is 38.4 Å². The number of nitrogens with one attached hydrogen (secondary N) is 2. The Kier molecular flexibility index (Phi) is 5.68. The van der Waals surface area contributed by atoms with Crippen molar-refractivity contribution in [2.75, 3.05) is 61.6 Å². The van der Waals surface area contributed by atoms with Gasteiger partial charge in [-0.15, -0.1) is 0 Å². The number of piperidine rings is 1. The van der Waals surface area contributed by atoms with Gasteiger partial charge in [0.15, 0.2) is 5.11 Å². The molecule has 2 N–H and O–H groups in total. The highest BCUT2D eigenvalue weighted by atomic mass is 32.1. The number of aromatic nitrogens is 2. The van der Waals surface area contributed by atoms with Gasteiger partial charge >= 0.3 is 0 Å². The van der Waals surface area contributed by atoms with E-state index in [0.717, 1.165) is 51.0 Å². The maximum Gasteiger partial charge on any atom is 0.232 e. The Morgan fingerprint density at radius 1 is 1.21 bits per heavy atom. The van der Waals surface area contributed by atoms with Crippen LogP contribution in [0.2, 0.25) is 0 Å². The summed E-state index contributed by atoms with van der Waals surface area (Å²) in [6.45, 7) is 7.54. The highest BCUT2D eigenvalue weighted by Gasteiger charge is 2.21. The summed E-state index contributed by atoms with van der Waals surface area (Å²) in [5.74, 6) is 3.14. The predicted molar refractivity (Wildman–Crippen MR) is 101 cm³/mol. The Hall–Kier alpha value is -1.67. The van der Waals surface area contributed by atoms with Gasteiger partial charge in [0.05, 0.1) is 13.2 Å². The molecule has 8 heteroatoms. The lowest BCUT2D eigenvalue weighted by Crippen LogP contribution is -2.38. The third-order valence-corrected chi connectivity index (χ3v) is 4.77. The van der Waals surface area contributed by atoms with E-state index in [9.17, 15) is 0 Å². The molecule has 0 radical (unpaired) electrons. The molecule has 2 aliphatic heterocycles. The summed E-state index contributed by atoms with van der Waals surface area (Å²) in [7, 11) is 1.79. The minimum absolute atomic E-state index is 0.520. The van der Waals surface area contributed by atoms with Crippen LogP contribution >= 0.6 is 12.2 Å². The number of ether oxygens (including phenoxy) is 1. The van der Waals surface area contributed by atoms with Crippen LogP contribution in [0, 0.1) is 5.92 Å². The molecule has 0 aromatic carbocycles. The van der Waals surface area contributed by atoms with Crippen molar-refractivity contribution in [3.05, 3.63) is 6.07 Å². The van der Waals surface area contributed by atoms with Gasteiger partial charge in [0.1, 0.15) is 11.6 Å². The fraction of sp³-hybridized carbons (Fsp3) is 0.688. The zero-order chi connectivity index (χ0) is 16.9. The van der Waals surface area contributed by atoms with Crippen molar-refractivity contribution < 1.29 is 4.74 Å². The zero-order valence-electron chi connectivity index (χ0n) is 14.4. The Morgan fingerprint density at radius 3 is 2.58 bits per heavy atom. The van der Waals surface area contributed by atoms with Crippen molar-refractivity contribution in [1.29, 1.82) is 0 Å². The largest absolute Gasteiger partial charge is 0.378 e. The lowest BCUT2D eigenvalue weighted by Gasteiger charge is -2.33. The van der Waals surface area contributed by atoms with Crippen LogP contribution in [-0.2, 0) is 4.74 Å². The van der Waals surface area contributed by atoms with E-state index in [4.69, 9.17) is 21.9 Å². The van der Waals surface area contributed by atoms with Crippen LogP contribution in [-0.4, -0.2) is 61.5 Å². The molecule has 1 atom stereocenters. The van der Waals surface area contributed by atoms with Crippen molar-refractivity contribution in [3.8, 4) is 0 Å². The van der Waals surface area contributed by atoms with E-state index in [1.807, 2.05) is 0 Å². The molecule has 1 unspecified atom stereocenters. The number of anilines is 3. The second kappa shape index (κ2) is 7.94. The highest BCUT2D eigenvalue weighted by molar-refractivity contribution is 7.80. The molecule has 0 saturated carbocycles. The normalized spacial score (nSPS) is 21.5. The zero-order valence-corrected chi connectivity index (χ0v) is 15.2. The van der Waals surface area contributed by atoms with Gasteiger partial charge < -0.3 is 25.2 Å². The molecule has 132 valence electrons. The molecule has 3 heterocycles. The smallest absolute Gasteiger partial charge is 0.232 e. The summed E-state index contributed by atoms with van der Waals surface area (Å²) in [5.41, 5.74) is 0. The Bertz CT molecular complexity index is 578. The molecule has 1 aromatic rings. The van der Waals surface area contributed by atoms with Crippen LogP contribution < -0.4 is 20.4 Å². The summed E-state index contributed by atoms with van der Waals surface area (Å²) in [6, 6.07) is 2.09. The molecule has 2 fully saturated rings. The maximum atomic E-state index is 5.45. The fourth-order valence-electron chi connectivity index (χ4n) is 3.16. The quantitative estimate of drug-likeness (QED) is 0.795. The minimum Gasteiger partial charge on any atom is -0.378 e. The van der Waals surface area contributed by atoms with Gasteiger partial charge in [-0.25, -0.2) is 0 Å². The molecule has 1 aromatic heterocycles. The van der Waals surface area contributed by atoms with Gasteiger partial charge in [-0.05, 0) is 31.0 Å². The standard InChI is InChI=1S/C16H26N6OS/c1-12-4-3-5-22(11-12)14-10-13(21-6-8-23-9-7-21)18-15(19-14)20-16(24)17-2/h10,12H,3-9,11H2,1-2H3,(H2,17,18,19,20,24). The van der Waals surface area contributed by atoms with Gasteiger partial charge in [0, 0.05) is 39.3 Å². The topological polar surface area (TPSA) is 65.6 Å². The molecule has 7 nitrogen and oxygen atoms in total. The van der Waals surface area contributed by atoms with Crippen molar-refractivity contribution in [2.45, 2.75) is 19.8 Å². The van der Waals surface area contributed by atoms with E-state index < -0.39 is 0 Å². The third-order valence-electron chi connectivity index (χ3n) is 4.47. The Labute approximate surface area is 148 Å². The number of rotatable bonds is 3. The highest BCUT2D eigenvalue weighted by Crippen LogP contribution is 2.26. The predicted octanol–water partition coefficient (Wildman–Crippen LogP) is 1.47. The first-order chi connectivity index (χ1) is 11.7. The van der Waals surface area contributed by atoms with Gasteiger partial charge in [-0.3, -0.25) is 0 Å². The SMILES string of the molecule is CNC(=S)Nc1nc(N2CCOCC2)cc(N2CCCC(C)C2)n1. The van der Waals surface area contributed by atoms with Gasteiger partial charge in [0.2, 0.25) is 5.95 Å². The summed E-state index contributed by atoms with van der Waals surface area (Å²) in [4.78, 5) is 13.9. The van der Waals surface area contributed by atoms with Crippen LogP contribution in [0.5, 0.6) is 0 Å². The summed E-state index contributed by atoms with van der Waals surface area (Å²) < 4.78 is 5.45. The first-order valence-corrected chi connectivity index (χ1v) is 9.02. The van der Waals surface area contributed by atoms with E-state index in [-0.39, 0.29) is 0 Å². The number of hydrogen-bond acceptors (Lipinski definition) is 6. The Morgan fingerprint density at radius 2 is 1.92 bits per heavy atom. The average molecular weight is 350 g/mol. The van der Waals surface area contributed by atoms with Crippen molar-refractivity contribution in [3.63, 3.8) is 0 Å². The minimum atomic E-state index is 0.520. The van der Waals surface area contributed by atoms with Crippen molar-refractivity contribution in [2.24, 2.45) is 5.92 Å². The third kappa shape index (κ3) is 4.24. The van der Waals surface area contributed by atoms with Gasteiger partial charge in [0.25, 0.3) is 0 Å². The van der Waals surface area contributed by atoms with Crippen molar-refractivity contribution in [1.82, 2.24) is 15.3 Å². The number of thiocarbonyl (C=S) groups is 1. The summed E-state index contributed by atoms with van der Waals surface area (Å²) >= 11 is 5.21. The molecule has 2 saturated heterocycles. The van der Waals surface area contributed by atoms with Gasteiger partial charge in [-0.2, -0.15) is 9.97 Å². The van der Waals surface area contributed by atoms with Crippen LogP contribution in [0.15, 0.2) is 6.07 Å². The first-order valence-electron chi connectivity index (χ1n) is 8.61. The number of hydrogen-bond donors (Lipinski definition) is 2. The maximum absolute atomic E-state index is 5.45. The molecule has 3 rings (SSSR count). The second-order valence-corrected chi connectivity index (χ2v) is 6.81. The molecule has 0 amide bonds. The molecule has 0 aliphatic carbocycles. The first kappa shape index (κ1) is 17.2. The van der Waals surface area contributed by atoms with E-state index in [1.165, 1.54) is 12.8 Å².